The van der Waals surface area contributed by atoms with Gasteiger partial charge in [-0.3, -0.25) is 5.10 Å². The van der Waals surface area contributed by atoms with E-state index in [1.165, 1.54) is 11.8 Å². The van der Waals surface area contributed by atoms with Gasteiger partial charge in [-0.2, -0.15) is 15.6 Å². The summed E-state index contributed by atoms with van der Waals surface area (Å²) in [4.78, 5) is 0. The molecule has 1 rings (SSSR count). The van der Waals surface area contributed by atoms with E-state index in [0.29, 0.717) is 10.6 Å². The zero-order valence-corrected chi connectivity index (χ0v) is 6.85. The number of hydrogen-bond donors (Lipinski definition) is 2. The Balaban J connectivity index is 2.88. The topological polar surface area (TPSA) is 102 Å². The van der Waals surface area contributed by atoms with Crippen molar-refractivity contribution in [1.29, 1.82) is 10.5 Å². The lowest BCUT2D eigenvalue weighted by molar-refractivity contribution is 1.01. The van der Waals surface area contributed by atoms with Gasteiger partial charge in [-0.15, -0.1) is 0 Å². The van der Waals surface area contributed by atoms with Crippen LogP contribution < -0.4 is 5.73 Å². The van der Waals surface area contributed by atoms with E-state index in [9.17, 15) is 0 Å². The van der Waals surface area contributed by atoms with E-state index in [1.54, 1.807) is 0 Å². The second-order valence-corrected chi connectivity index (χ2v) is 2.84. The lowest BCUT2D eigenvalue weighted by Gasteiger charge is -1.88. The van der Waals surface area contributed by atoms with Gasteiger partial charge < -0.3 is 5.73 Å². The number of nitrogens with zero attached hydrogens (tertiary/aromatic N) is 3. The fourth-order valence-electron chi connectivity index (χ4n) is 0.651. The van der Waals surface area contributed by atoms with Crippen LogP contribution in [0.4, 0.5) is 5.82 Å². The molecule has 1 aromatic rings. The summed E-state index contributed by atoms with van der Waals surface area (Å²) < 4.78 is 0. The van der Waals surface area contributed by atoms with Crippen LogP contribution in [0.3, 0.4) is 0 Å². The fraction of sp³-hybridized carbons (Fsp3) is 0.167. The van der Waals surface area contributed by atoms with Crippen molar-refractivity contribution >= 4 is 17.6 Å². The molecule has 0 saturated carbocycles. The Kier molecular flexibility index (Phi) is 2.57. The van der Waals surface area contributed by atoms with Crippen molar-refractivity contribution in [3.05, 3.63) is 5.56 Å². The number of anilines is 1. The van der Waals surface area contributed by atoms with Crippen LogP contribution in [-0.4, -0.2) is 16.0 Å². The minimum Gasteiger partial charge on any atom is -0.383 e. The Morgan fingerprint density at radius 1 is 1.58 bits per heavy atom. The molecule has 3 N–H and O–H groups in total. The minimum atomic E-state index is 0.248. The molecule has 0 unspecified atom stereocenters. The second-order valence-electron chi connectivity index (χ2n) is 1.88. The van der Waals surface area contributed by atoms with Crippen molar-refractivity contribution in [2.45, 2.75) is 5.03 Å². The monoisotopic (exact) mass is 179 g/mol. The first-order valence-corrected chi connectivity index (χ1v) is 4.02. The molecule has 1 aromatic heterocycles. The van der Waals surface area contributed by atoms with E-state index in [0.717, 1.165) is 0 Å². The molecule has 0 amide bonds. The molecule has 0 saturated heterocycles. The van der Waals surface area contributed by atoms with Gasteiger partial charge in [0.15, 0.2) is 0 Å². The molecule has 6 heteroatoms. The second kappa shape index (κ2) is 3.65. The van der Waals surface area contributed by atoms with E-state index in [4.69, 9.17) is 16.3 Å². The van der Waals surface area contributed by atoms with E-state index in [-0.39, 0.29) is 11.6 Å². The number of aromatic amines is 1. The Morgan fingerprint density at radius 3 is 2.92 bits per heavy atom. The number of H-pyrrole nitrogens is 1. The Labute approximate surface area is 73.2 Å². The smallest absolute Gasteiger partial charge is 0.139 e. The molecule has 0 bridgehead atoms. The molecule has 0 atom stereocenters. The van der Waals surface area contributed by atoms with Gasteiger partial charge in [-0.1, -0.05) is 11.8 Å². The summed E-state index contributed by atoms with van der Waals surface area (Å²) in [6.07, 6.45) is 0. The van der Waals surface area contributed by atoms with Crippen LogP contribution in [0.5, 0.6) is 0 Å². The zero-order valence-electron chi connectivity index (χ0n) is 6.03. The van der Waals surface area contributed by atoms with Crippen molar-refractivity contribution in [3.8, 4) is 12.1 Å². The maximum atomic E-state index is 8.60. The van der Waals surface area contributed by atoms with Gasteiger partial charge in [0.05, 0.1) is 11.8 Å². The summed E-state index contributed by atoms with van der Waals surface area (Å²) in [7, 11) is 0. The minimum absolute atomic E-state index is 0.248. The number of nitrogens with one attached hydrogen (secondary N) is 1. The first-order valence-electron chi connectivity index (χ1n) is 3.03. The molecule has 0 aliphatic heterocycles. The highest BCUT2D eigenvalue weighted by molar-refractivity contribution is 7.99. The molecule has 1 heterocycles. The first-order chi connectivity index (χ1) is 5.79. The van der Waals surface area contributed by atoms with Gasteiger partial charge in [0.1, 0.15) is 22.5 Å². The van der Waals surface area contributed by atoms with E-state index in [2.05, 4.69) is 10.2 Å². The third-order valence-electron chi connectivity index (χ3n) is 1.15. The number of thioether (sulfide) groups is 1. The maximum absolute atomic E-state index is 8.60. The van der Waals surface area contributed by atoms with Crippen molar-refractivity contribution in [3.63, 3.8) is 0 Å². The quantitative estimate of drug-likeness (QED) is 0.643. The summed E-state index contributed by atoms with van der Waals surface area (Å²) in [6.45, 7) is 0. The van der Waals surface area contributed by atoms with Crippen LogP contribution in [0.25, 0.3) is 0 Å². The molecule has 0 spiro atoms. The van der Waals surface area contributed by atoms with Gasteiger partial charge in [-0.05, 0) is 0 Å². The maximum Gasteiger partial charge on any atom is 0.139 e. The number of aromatic nitrogens is 2. The lowest BCUT2D eigenvalue weighted by Crippen LogP contribution is -1.87. The molecule has 5 nitrogen and oxygen atoms in total. The standard InChI is InChI=1S/C6H5N5S/c7-1-2-12-6-4(3-8)5(9)10-11-6/h2H2,(H3,9,10,11). The summed E-state index contributed by atoms with van der Waals surface area (Å²) >= 11 is 1.19. The molecular weight excluding hydrogens is 174 g/mol. The SMILES string of the molecule is N#CCSc1n[nH]c(N)c1C#N. The normalized spacial score (nSPS) is 8.83. The van der Waals surface area contributed by atoms with Crippen LogP contribution in [0.2, 0.25) is 0 Å². The number of nitriles is 2. The average Bonchev–Trinajstić information content (AvgIpc) is 2.43. The third kappa shape index (κ3) is 1.49. The number of nitrogens with two attached hydrogens (primary N) is 1. The van der Waals surface area contributed by atoms with Crippen molar-refractivity contribution in [1.82, 2.24) is 10.2 Å². The highest BCUT2D eigenvalue weighted by atomic mass is 32.2. The molecule has 60 valence electrons. The Morgan fingerprint density at radius 2 is 2.33 bits per heavy atom. The van der Waals surface area contributed by atoms with E-state index in [1.807, 2.05) is 12.1 Å². The predicted molar refractivity (Wildman–Crippen MR) is 44.1 cm³/mol. The number of nitrogen functional groups attached to an aromatic ring is 1. The molecule has 12 heavy (non-hydrogen) atoms. The summed E-state index contributed by atoms with van der Waals surface area (Å²) in [5.74, 6) is 0.511. The van der Waals surface area contributed by atoms with E-state index >= 15 is 0 Å². The highest BCUT2D eigenvalue weighted by Gasteiger charge is 2.09. The molecular formula is C6H5N5S. The van der Waals surface area contributed by atoms with Crippen molar-refractivity contribution in [2.75, 3.05) is 11.5 Å². The van der Waals surface area contributed by atoms with Crippen LogP contribution in [-0.2, 0) is 0 Å². The molecule has 0 aliphatic carbocycles. The van der Waals surface area contributed by atoms with Gasteiger partial charge in [0.2, 0.25) is 0 Å². The predicted octanol–water partition coefficient (Wildman–Crippen LogP) is 0.479. The number of rotatable bonds is 2. The zero-order chi connectivity index (χ0) is 8.97. The average molecular weight is 179 g/mol. The number of hydrogen-bond acceptors (Lipinski definition) is 5. The lowest BCUT2D eigenvalue weighted by atomic mass is 10.4. The largest absolute Gasteiger partial charge is 0.383 e. The van der Waals surface area contributed by atoms with E-state index < -0.39 is 0 Å². The van der Waals surface area contributed by atoms with Crippen molar-refractivity contribution < 1.29 is 0 Å². The molecule has 0 radical (unpaired) electrons. The van der Waals surface area contributed by atoms with Gasteiger partial charge in [0, 0.05) is 0 Å². The van der Waals surface area contributed by atoms with Crippen LogP contribution in [0, 0.1) is 22.7 Å². The third-order valence-corrected chi connectivity index (χ3v) is 1.99. The Hall–Kier alpha value is -1.66. The molecule has 0 fully saturated rings. The first kappa shape index (κ1) is 8.44. The van der Waals surface area contributed by atoms with Crippen LogP contribution >= 0.6 is 11.8 Å². The summed E-state index contributed by atoms with van der Waals surface area (Å²) in [5, 5.41) is 23.6. The van der Waals surface area contributed by atoms with Gasteiger partial charge >= 0.3 is 0 Å². The summed E-state index contributed by atoms with van der Waals surface area (Å²) in [6, 6.07) is 3.84. The van der Waals surface area contributed by atoms with Gasteiger partial charge in [0.25, 0.3) is 0 Å². The van der Waals surface area contributed by atoms with Gasteiger partial charge in [-0.25, -0.2) is 0 Å². The highest BCUT2D eigenvalue weighted by Crippen LogP contribution is 2.22. The fourth-order valence-corrected chi connectivity index (χ4v) is 1.26. The summed E-state index contributed by atoms with van der Waals surface area (Å²) in [5.41, 5.74) is 5.70. The molecule has 0 aliphatic rings. The van der Waals surface area contributed by atoms with Crippen LogP contribution in [0.1, 0.15) is 5.56 Å². The Bertz CT molecular complexity index is 355. The van der Waals surface area contributed by atoms with Crippen LogP contribution in [0.15, 0.2) is 5.03 Å². The van der Waals surface area contributed by atoms with Crippen molar-refractivity contribution in [2.24, 2.45) is 0 Å². The molecule has 0 aromatic carbocycles.